The second-order valence-corrected chi connectivity index (χ2v) is 22.2. The SMILES string of the molecule is CCO[Si](C)(CCCCN(C(=O)O[Si](CC)(CC)CC)[Si](C)(C)C)OC(C)CC. The highest BCUT2D eigenvalue weighted by Crippen LogP contribution is 2.25. The molecule has 29 heavy (non-hydrogen) atoms. The molecule has 0 aliphatic carbocycles. The molecule has 2 atom stereocenters. The van der Waals surface area contributed by atoms with E-state index in [4.69, 9.17) is 13.3 Å². The maximum Gasteiger partial charge on any atom is 0.388 e. The van der Waals surface area contributed by atoms with Crippen molar-refractivity contribution in [2.75, 3.05) is 13.2 Å². The molecule has 0 N–H and O–H groups in total. The minimum atomic E-state index is -2.15. The molecule has 0 aromatic heterocycles. The molecule has 0 radical (unpaired) electrons. The quantitative estimate of drug-likeness (QED) is 0.194. The number of rotatable bonds is 15. The van der Waals surface area contributed by atoms with Crippen LogP contribution in [0.3, 0.4) is 0 Å². The molecule has 0 aliphatic rings. The predicted octanol–water partition coefficient (Wildman–Crippen LogP) is 6.97. The van der Waals surface area contributed by atoms with Crippen molar-refractivity contribution in [3.05, 3.63) is 0 Å². The smallest absolute Gasteiger partial charge is 0.388 e. The molecule has 0 rings (SSSR count). The Morgan fingerprint density at radius 2 is 1.48 bits per heavy atom. The lowest BCUT2D eigenvalue weighted by Crippen LogP contribution is -2.53. The summed E-state index contributed by atoms with van der Waals surface area (Å²) in [6.07, 6.45) is 3.16. The Morgan fingerprint density at radius 3 is 1.90 bits per heavy atom. The average molecular weight is 464 g/mol. The first-order valence-electron chi connectivity index (χ1n) is 11.7. The molecule has 0 fully saturated rings. The third kappa shape index (κ3) is 10.1. The monoisotopic (exact) mass is 463 g/mol. The van der Waals surface area contributed by atoms with Crippen molar-refractivity contribution < 1.29 is 18.1 Å². The van der Waals surface area contributed by atoms with Crippen LogP contribution < -0.4 is 0 Å². The van der Waals surface area contributed by atoms with E-state index < -0.39 is 25.1 Å². The van der Waals surface area contributed by atoms with Crippen LogP contribution in [0.25, 0.3) is 0 Å². The summed E-state index contributed by atoms with van der Waals surface area (Å²) >= 11 is 0. The molecule has 0 aromatic rings. The molecule has 0 spiro atoms. The Kier molecular flexibility index (Phi) is 13.2. The maximum absolute atomic E-state index is 13.1. The van der Waals surface area contributed by atoms with Crippen molar-refractivity contribution in [3.63, 3.8) is 0 Å². The molecule has 5 nitrogen and oxygen atoms in total. The zero-order valence-electron chi connectivity index (χ0n) is 21.0. The van der Waals surface area contributed by atoms with E-state index in [0.29, 0.717) is 6.61 Å². The molecule has 1 amide bonds. The van der Waals surface area contributed by atoms with Gasteiger partial charge in [0.05, 0.1) is 0 Å². The summed E-state index contributed by atoms with van der Waals surface area (Å²) in [4.78, 5) is 13.1. The molecule has 0 saturated heterocycles. The summed E-state index contributed by atoms with van der Waals surface area (Å²) in [5.74, 6) is 0. The van der Waals surface area contributed by atoms with E-state index >= 15 is 0 Å². The molecular formula is C21H49NO4Si3. The van der Waals surface area contributed by atoms with Crippen LogP contribution in [0.5, 0.6) is 0 Å². The summed E-state index contributed by atoms with van der Waals surface area (Å²) in [6.45, 7) is 23.2. The minimum Gasteiger partial charge on any atom is -0.504 e. The molecule has 0 aromatic carbocycles. The summed E-state index contributed by atoms with van der Waals surface area (Å²) < 4.78 is 20.6. The zero-order chi connectivity index (χ0) is 22.7. The Balaban J connectivity index is 4.96. The third-order valence-electron chi connectivity index (χ3n) is 6.00. The molecule has 174 valence electrons. The molecule has 0 bridgehead atoms. The molecule has 8 heteroatoms. The number of carbonyl (C=O) groups is 1. The summed E-state index contributed by atoms with van der Waals surface area (Å²) in [5, 5.41) is 0. The average Bonchev–Trinajstić information content (AvgIpc) is 2.64. The molecule has 2 unspecified atom stereocenters. The van der Waals surface area contributed by atoms with Crippen LogP contribution >= 0.6 is 0 Å². The van der Waals surface area contributed by atoms with Gasteiger partial charge in [0.1, 0.15) is 0 Å². The Hall–Kier alpha value is -0.159. The van der Waals surface area contributed by atoms with Gasteiger partial charge in [-0.05, 0) is 63.8 Å². The van der Waals surface area contributed by atoms with Crippen LogP contribution in [0, 0.1) is 0 Å². The predicted molar refractivity (Wildman–Crippen MR) is 132 cm³/mol. The standard InChI is InChI=1S/C21H49NO4Si3/c1-11-20(6)25-28(10,24-12-2)19-17-16-18-22(27(7,8)9)21(23)26-29(13-3,14-4)15-5/h20H,11-19H2,1-10H3. The second kappa shape index (κ2) is 13.3. The number of amides is 1. The first-order valence-corrected chi connectivity index (χ1v) is 20.2. The fourth-order valence-corrected chi connectivity index (χ4v) is 10.4. The van der Waals surface area contributed by atoms with Gasteiger partial charge in [-0.3, -0.25) is 0 Å². The van der Waals surface area contributed by atoms with Gasteiger partial charge in [-0.15, -0.1) is 0 Å². The van der Waals surface area contributed by atoms with Crippen LogP contribution in [0.15, 0.2) is 0 Å². The van der Waals surface area contributed by atoms with Crippen molar-refractivity contribution >= 4 is 31.2 Å². The summed E-state index contributed by atoms with van der Waals surface area (Å²) in [5.41, 5.74) is 0. The highest BCUT2D eigenvalue weighted by Gasteiger charge is 2.38. The van der Waals surface area contributed by atoms with E-state index in [1.807, 2.05) is 6.92 Å². The molecule has 0 aliphatic heterocycles. The van der Waals surface area contributed by atoms with Gasteiger partial charge < -0.3 is 17.8 Å². The van der Waals surface area contributed by atoms with Crippen LogP contribution in [0.1, 0.15) is 60.8 Å². The van der Waals surface area contributed by atoms with Crippen LogP contribution in [-0.2, 0) is 13.3 Å². The number of carbonyl (C=O) groups excluding carboxylic acids is 1. The van der Waals surface area contributed by atoms with Gasteiger partial charge in [-0.2, -0.15) is 0 Å². The van der Waals surface area contributed by atoms with Crippen molar-refractivity contribution in [2.45, 2.75) is 117 Å². The normalized spacial score (nSPS) is 15.7. The van der Waals surface area contributed by atoms with E-state index in [9.17, 15) is 4.79 Å². The lowest BCUT2D eigenvalue weighted by molar-refractivity contribution is 0.127. The molecule has 0 saturated carbocycles. The zero-order valence-corrected chi connectivity index (χ0v) is 24.0. The highest BCUT2D eigenvalue weighted by atomic mass is 28.4. The van der Waals surface area contributed by atoms with Crippen LogP contribution in [0.4, 0.5) is 4.79 Å². The van der Waals surface area contributed by atoms with E-state index in [1.54, 1.807) is 0 Å². The van der Waals surface area contributed by atoms with E-state index in [0.717, 1.165) is 50.0 Å². The Bertz CT molecular complexity index is 461. The van der Waals surface area contributed by atoms with Gasteiger partial charge in [0.25, 0.3) is 8.32 Å². The van der Waals surface area contributed by atoms with E-state index in [-0.39, 0.29) is 12.2 Å². The first kappa shape index (κ1) is 28.8. The first-order chi connectivity index (χ1) is 13.4. The second-order valence-electron chi connectivity index (χ2n) is 9.29. The summed E-state index contributed by atoms with van der Waals surface area (Å²) in [6, 6.07) is 3.96. The van der Waals surface area contributed by atoms with Crippen molar-refractivity contribution in [2.24, 2.45) is 0 Å². The van der Waals surface area contributed by atoms with Gasteiger partial charge in [0.15, 0.2) is 8.24 Å². The number of hydrogen-bond donors (Lipinski definition) is 0. The van der Waals surface area contributed by atoms with Crippen molar-refractivity contribution in [3.8, 4) is 0 Å². The van der Waals surface area contributed by atoms with Gasteiger partial charge in [0.2, 0.25) is 0 Å². The Labute approximate surface area is 184 Å². The van der Waals surface area contributed by atoms with Gasteiger partial charge in [0, 0.05) is 19.3 Å². The molecule has 0 heterocycles. The number of hydrogen-bond acceptors (Lipinski definition) is 4. The van der Waals surface area contributed by atoms with Crippen molar-refractivity contribution in [1.29, 1.82) is 0 Å². The third-order valence-corrected chi connectivity index (χ3v) is 15.6. The number of unbranched alkanes of at least 4 members (excludes halogenated alkanes) is 1. The Morgan fingerprint density at radius 1 is 0.931 bits per heavy atom. The maximum atomic E-state index is 13.1. The van der Waals surface area contributed by atoms with Crippen LogP contribution in [-0.4, -0.2) is 55.0 Å². The molecular weight excluding hydrogens is 414 g/mol. The van der Waals surface area contributed by atoms with Crippen LogP contribution in [0.2, 0.25) is 50.4 Å². The lowest BCUT2D eigenvalue weighted by Gasteiger charge is -2.38. The largest absolute Gasteiger partial charge is 0.504 e. The van der Waals surface area contributed by atoms with Gasteiger partial charge in [-0.25, -0.2) is 4.79 Å². The van der Waals surface area contributed by atoms with Gasteiger partial charge >= 0.3 is 14.7 Å². The lowest BCUT2D eigenvalue weighted by atomic mass is 10.3. The fraction of sp³-hybridized carbons (Fsp3) is 0.952. The fourth-order valence-electron chi connectivity index (χ4n) is 3.60. The van der Waals surface area contributed by atoms with E-state index in [2.05, 4.69) is 65.4 Å². The van der Waals surface area contributed by atoms with Crippen molar-refractivity contribution in [1.82, 2.24) is 4.57 Å². The highest BCUT2D eigenvalue weighted by molar-refractivity contribution is 6.77. The topological polar surface area (TPSA) is 48.0 Å². The number of nitrogens with zero attached hydrogens (tertiary/aromatic N) is 1. The minimum absolute atomic E-state index is 0.0675. The summed E-state index contributed by atoms with van der Waals surface area (Å²) in [7, 11) is -5.89. The van der Waals surface area contributed by atoms with Gasteiger partial charge in [-0.1, -0.05) is 47.3 Å². The van der Waals surface area contributed by atoms with E-state index in [1.165, 1.54) is 0 Å².